The van der Waals surface area contributed by atoms with E-state index in [2.05, 4.69) is 71.5 Å². The molecule has 1 atom stereocenters. The minimum atomic E-state index is 0.504. The van der Waals surface area contributed by atoms with Crippen molar-refractivity contribution in [2.45, 2.75) is 32.7 Å². The second-order valence-electron chi connectivity index (χ2n) is 4.61. The number of thiophene rings is 1. The summed E-state index contributed by atoms with van der Waals surface area (Å²) in [5.74, 6) is 0. The zero-order valence-corrected chi connectivity index (χ0v) is 13.9. The smallest absolute Gasteiger partial charge is 0.0414 e. The van der Waals surface area contributed by atoms with E-state index in [0.717, 1.165) is 11.0 Å². The third-order valence-corrected chi connectivity index (χ3v) is 4.90. The van der Waals surface area contributed by atoms with E-state index >= 15 is 0 Å². The third kappa shape index (κ3) is 3.91. The van der Waals surface area contributed by atoms with Crippen LogP contribution < -0.4 is 5.32 Å². The van der Waals surface area contributed by atoms with Crippen LogP contribution in [0.25, 0.3) is 10.4 Å². The molecule has 0 saturated carbocycles. The van der Waals surface area contributed by atoms with Crippen molar-refractivity contribution in [3.8, 4) is 10.4 Å². The first-order valence-corrected chi connectivity index (χ1v) is 8.44. The summed E-state index contributed by atoms with van der Waals surface area (Å²) in [5, 5.41) is 3.58. The zero-order valence-electron chi connectivity index (χ0n) is 11.4. The Bertz CT molecular complexity index is 498. The molecule has 1 aromatic carbocycles. The minimum absolute atomic E-state index is 0.504. The van der Waals surface area contributed by atoms with E-state index < -0.39 is 0 Å². The van der Waals surface area contributed by atoms with E-state index in [1.165, 1.54) is 28.2 Å². The molecule has 0 aliphatic heterocycles. The fourth-order valence-corrected chi connectivity index (χ4v) is 3.58. The van der Waals surface area contributed by atoms with Gasteiger partial charge in [-0.1, -0.05) is 48.3 Å². The minimum Gasteiger partial charge on any atom is -0.310 e. The largest absolute Gasteiger partial charge is 0.310 e. The molecule has 0 aliphatic carbocycles. The maximum atomic E-state index is 3.58. The van der Waals surface area contributed by atoms with Gasteiger partial charge in [-0.3, -0.25) is 0 Å². The van der Waals surface area contributed by atoms with Crippen LogP contribution in [-0.2, 0) is 0 Å². The first kappa shape index (κ1) is 14.8. The average Bonchev–Trinajstić information content (AvgIpc) is 2.89. The van der Waals surface area contributed by atoms with Crippen LogP contribution in [0.5, 0.6) is 0 Å². The second-order valence-corrected chi connectivity index (χ2v) is 6.64. The van der Waals surface area contributed by atoms with Gasteiger partial charge in [0.05, 0.1) is 0 Å². The highest BCUT2D eigenvalue weighted by Crippen LogP contribution is 2.33. The zero-order chi connectivity index (χ0) is 13.7. The monoisotopic (exact) mass is 337 g/mol. The molecule has 0 fully saturated rings. The van der Waals surface area contributed by atoms with Crippen LogP contribution in [0.4, 0.5) is 0 Å². The van der Waals surface area contributed by atoms with Crippen LogP contribution in [0.15, 0.2) is 40.9 Å². The number of rotatable bonds is 6. The molecule has 102 valence electrons. The lowest BCUT2D eigenvalue weighted by Gasteiger charge is -2.15. The van der Waals surface area contributed by atoms with Crippen molar-refractivity contribution in [2.24, 2.45) is 0 Å². The van der Waals surface area contributed by atoms with Crippen LogP contribution >= 0.6 is 27.3 Å². The molecule has 0 saturated heterocycles. The lowest BCUT2D eigenvalue weighted by Crippen LogP contribution is -2.19. The van der Waals surface area contributed by atoms with Gasteiger partial charge >= 0.3 is 0 Å². The maximum Gasteiger partial charge on any atom is 0.0414 e. The van der Waals surface area contributed by atoms with Crippen molar-refractivity contribution in [3.05, 3.63) is 45.7 Å². The molecule has 0 aliphatic rings. The number of hydrogen-bond donors (Lipinski definition) is 1. The standard InChI is InChI=1S/C16H20BrNS/c1-3-5-14(18-4-2)16-11-10-15(19-16)12-6-8-13(17)9-7-12/h6-11,14,18H,3-5H2,1-2H3. The van der Waals surface area contributed by atoms with Gasteiger partial charge in [-0.05, 0) is 42.8 Å². The first-order chi connectivity index (χ1) is 9.24. The molecule has 1 unspecified atom stereocenters. The summed E-state index contributed by atoms with van der Waals surface area (Å²) < 4.78 is 1.13. The summed E-state index contributed by atoms with van der Waals surface area (Å²) >= 11 is 5.38. The third-order valence-electron chi connectivity index (χ3n) is 3.13. The van der Waals surface area contributed by atoms with Crippen molar-refractivity contribution in [1.82, 2.24) is 5.32 Å². The Morgan fingerprint density at radius 1 is 1.11 bits per heavy atom. The Labute approximate surface area is 128 Å². The highest BCUT2D eigenvalue weighted by Gasteiger charge is 2.12. The first-order valence-electron chi connectivity index (χ1n) is 6.83. The second kappa shape index (κ2) is 7.22. The molecular weight excluding hydrogens is 318 g/mol. The number of halogens is 1. The van der Waals surface area contributed by atoms with Gasteiger partial charge in [0, 0.05) is 20.3 Å². The summed E-state index contributed by atoms with van der Waals surface area (Å²) in [6.07, 6.45) is 2.41. The normalized spacial score (nSPS) is 12.6. The van der Waals surface area contributed by atoms with Gasteiger partial charge in [0.25, 0.3) is 0 Å². The van der Waals surface area contributed by atoms with E-state index in [1.807, 2.05) is 11.3 Å². The molecule has 19 heavy (non-hydrogen) atoms. The highest BCUT2D eigenvalue weighted by atomic mass is 79.9. The summed E-state index contributed by atoms with van der Waals surface area (Å²) in [4.78, 5) is 2.79. The Kier molecular flexibility index (Phi) is 5.61. The van der Waals surface area contributed by atoms with Crippen LogP contribution in [-0.4, -0.2) is 6.54 Å². The van der Waals surface area contributed by atoms with Gasteiger partial charge in [0.15, 0.2) is 0 Å². The topological polar surface area (TPSA) is 12.0 Å². The van der Waals surface area contributed by atoms with E-state index in [4.69, 9.17) is 0 Å². The van der Waals surface area contributed by atoms with Gasteiger partial charge in [-0.15, -0.1) is 11.3 Å². The summed E-state index contributed by atoms with van der Waals surface area (Å²) in [6, 6.07) is 13.5. The Morgan fingerprint density at radius 2 is 1.84 bits per heavy atom. The molecule has 2 aromatic rings. The molecule has 2 rings (SSSR count). The number of benzene rings is 1. The molecule has 1 N–H and O–H groups in total. The van der Waals surface area contributed by atoms with Gasteiger partial charge in [-0.2, -0.15) is 0 Å². The Balaban J connectivity index is 2.19. The summed E-state index contributed by atoms with van der Waals surface area (Å²) in [5.41, 5.74) is 1.30. The predicted octanol–water partition coefficient (Wildman–Crippen LogP) is 5.63. The van der Waals surface area contributed by atoms with Gasteiger partial charge in [-0.25, -0.2) is 0 Å². The van der Waals surface area contributed by atoms with Crippen molar-refractivity contribution in [3.63, 3.8) is 0 Å². The Hall–Kier alpha value is -0.640. The Morgan fingerprint density at radius 3 is 2.47 bits per heavy atom. The molecular formula is C16H20BrNS. The molecule has 1 aromatic heterocycles. The lowest BCUT2D eigenvalue weighted by molar-refractivity contribution is 0.516. The molecule has 1 nitrogen and oxygen atoms in total. The molecule has 0 bridgehead atoms. The van der Waals surface area contributed by atoms with Crippen LogP contribution in [0, 0.1) is 0 Å². The molecule has 0 spiro atoms. The molecule has 3 heteroatoms. The fourth-order valence-electron chi connectivity index (χ4n) is 2.19. The predicted molar refractivity (Wildman–Crippen MR) is 88.8 cm³/mol. The van der Waals surface area contributed by atoms with Crippen LogP contribution in [0.2, 0.25) is 0 Å². The highest BCUT2D eigenvalue weighted by molar-refractivity contribution is 9.10. The van der Waals surface area contributed by atoms with Gasteiger partial charge in [0.1, 0.15) is 0 Å². The molecule has 0 radical (unpaired) electrons. The average molecular weight is 338 g/mol. The summed E-state index contributed by atoms with van der Waals surface area (Å²) in [7, 11) is 0. The van der Waals surface area contributed by atoms with Crippen molar-refractivity contribution >= 4 is 27.3 Å². The van der Waals surface area contributed by atoms with Crippen molar-refractivity contribution < 1.29 is 0 Å². The van der Waals surface area contributed by atoms with Crippen molar-refractivity contribution in [2.75, 3.05) is 6.54 Å². The SMILES string of the molecule is CCCC(NCC)c1ccc(-c2ccc(Br)cc2)s1. The van der Waals surface area contributed by atoms with Crippen LogP contribution in [0.1, 0.15) is 37.6 Å². The van der Waals surface area contributed by atoms with E-state index in [9.17, 15) is 0 Å². The van der Waals surface area contributed by atoms with Crippen LogP contribution in [0.3, 0.4) is 0 Å². The van der Waals surface area contributed by atoms with E-state index in [-0.39, 0.29) is 0 Å². The van der Waals surface area contributed by atoms with E-state index in [0.29, 0.717) is 6.04 Å². The summed E-state index contributed by atoms with van der Waals surface area (Å²) in [6.45, 7) is 5.44. The fraction of sp³-hybridized carbons (Fsp3) is 0.375. The number of hydrogen-bond acceptors (Lipinski definition) is 2. The van der Waals surface area contributed by atoms with Gasteiger partial charge in [0.2, 0.25) is 0 Å². The number of nitrogens with one attached hydrogen (secondary N) is 1. The van der Waals surface area contributed by atoms with Crippen molar-refractivity contribution in [1.29, 1.82) is 0 Å². The molecule has 0 amide bonds. The lowest BCUT2D eigenvalue weighted by atomic mass is 10.1. The van der Waals surface area contributed by atoms with E-state index in [1.54, 1.807) is 0 Å². The van der Waals surface area contributed by atoms with Gasteiger partial charge < -0.3 is 5.32 Å². The quantitative estimate of drug-likeness (QED) is 0.720. The molecule has 1 heterocycles. The maximum absolute atomic E-state index is 3.58.